The van der Waals surface area contributed by atoms with Crippen LogP contribution in [0.1, 0.15) is 27.3 Å². The van der Waals surface area contributed by atoms with Gasteiger partial charge in [-0.15, -0.1) is 0 Å². The quantitative estimate of drug-likeness (QED) is 0.468. The van der Waals surface area contributed by atoms with Crippen LogP contribution in [0.2, 0.25) is 0 Å². The summed E-state index contributed by atoms with van der Waals surface area (Å²) in [5.74, 6) is -0.942. The molecule has 1 aromatic heterocycles. The Hall–Kier alpha value is -3.46. The summed E-state index contributed by atoms with van der Waals surface area (Å²) >= 11 is 3.33. The summed E-state index contributed by atoms with van der Waals surface area (Å²) in [6, 6.07) is 15.9. The standard InChI is InChI=1S/C22H22BrN5O3/c1-14-11-15(2)28(27-14)13-21(30)26-25-20(29)12-16-3-9-19(10-4-16)24-22(31)17-5-7-18(23)8-6-17/h3-11H,12-13H2,1-2H3,(H,24,31)(H,25,29)(H,26,30). The molecule has 0 spiro atoms. The lowest BCUT2D eigenvalue weighted by atomic mass is 10.1. The van der Waals surface area contributed by atoms with Crippen molar-refractivity contribution in [3.63, 3.8) is 0 Å². The van der Waals surface area contributed by atoms with Gasteiger partial charge in [0.25, 0.3) is 11.8 Å². The van der Waals surface area contributed by atoms with Gasteiger partial charge in [-0.2, -0.15) is 5.10 Å². The van der Waals surface area contributed by atoms with Crippen LogP contribution < -0.4 is 16.2 Å². The Kier molecular flexibility index (Phi) is 7.19. The monoisotopic (exact) mass is 483 g/mol. The van der Waals surface area contributed by atoms with Crippen LogP contribution in [-0.4, -0.2) is 27.5 Å². The van der Waals surface area contributed by atoms with Gasteiger partial charge < -0.3 is 5.32 Å². The number of aryl methyl sites for hydroxylation is 2. The highest BCUT2D eigenvalue weighted by molar-refractivity contribution is 9.10. The topological polar surface area (TPSA) is 105 Å². The molecule has 8 nitrogen and oxygen atoms in total. The number of carbonyl (C=O) groups excluding carboxylic acids is 3. The highest BCUT2D eigenvalue weighted by atomic mass is 79.9. The van der Waals surface area contributed by atoms with Crippen LogP contribution in [-0.2, 0) is 22.6 Å². The number of nitrogens with zero attached hydrogens (tertiary/aromatic N) is 2. The van der Waals surface area contributed by atoms with Crippen LogP contribution in [0.5, 0.6) is 0 Å². The van der Waals surface area contributed by atoms with E-state index in [1.807, 2.05) is 19.9 Å². The molecule has 0 bridgehead atoms. The van der Waals surface area contributed by atoms with Gasteiger partial charge in [-0.25, -0.2) is 0 Å². The van der Waals surface area contributed by atoms with Crippen molar-refractivity contribution < 1.29 is 14.4 Å². The lowest BCUT2D eigenvalue weighted by Crippen LogP contribution is -2.44. The van der Waals surface area contributed by atoms with Crippen molar-refractivity contribution in [2.45, 2.75) is 26.8 Å². The van der Waals surface area contributed by atoms with Gasteiger partial charge in [0.1, 0.15) is 6.54 Å². The van der Waals surface area contributed by atoms with Crippen molar-refractivity contribution in [2.24, 2.45) is 0 Å². The first-order chi connectivity index (χ1) is 14.8. The number of benzene rings is 2. The van der Waals surface area contributed by atoms with Crippen molar-refractivity contribution in [3.05, 3.63) is 81.6 Å². The molecule has 3 N–H and O–H groups in total. The van der Waals surface area contributed by atoms with E-state index < -0.39 is 0 Å². The molecule has 31 heavy (non-hydrogen) atoms. The van der Waals surface area contributed by atoms with Gasteiger partial charge in [0.05, 0.1) is 12.1 Å². The van der Waals surface area contributed by atoms with Gasteiger partial charge in [0.15, 0.2) is 0 Å². The third kappa shape index (κ3) is 6.51. The van der Waals surface area contributed by atoms with Gasteiger partial charge in [-0.3, -0.25) is 29.9 Å². The van der Waals surface area contributed by atoms with E-state index in [0.717, 1.165) is 21.4 Å². The molecule has 9 heteroatoms. The predicted octanol–water partition coefficient (Wildman–Crippen LogP) is 2.90. The van der Waals surface area contributed by atoms with Crippen molar-refractivity contribution in [2.75, 3.05) is 5.32 Å². The van der Waals surface area contributed by atoms with Crippen LogP contribution in [0.4, 0.5) is 5.69 Å². The third-order valence-electron chi connectivity index (χ3n) is 4.42. The highest BCUT2D eigenvalue weighted by Crippen LogP contribution is 2.14. The molecule has 1 heterocycles. The average Bonchev–Trinajstić information content (AvgIpc) is 3.05. The number of amides is 3. The molecular weight excluding hydrogens is 462 g/mol. The number of aromatic nitrogens is 2. The number of hydrazine groups is 1. The van der Waals surface area contributed by atoms with Crippen LogP contribution in [0.3, 0.4) is 0 Å². The summed E-state index contributed by atoms with van der Waals surface area (Å²) in [4.78, 5) is 36.3. The summed E-state index contributed by atoms with van der Waals surface area (Å²) in [6.45, 7) is 3.73. The summed E-state index contributed by atoms with van der Waals surface area (Å²) in [5.41, 5.74) is 8.38. The number of hydrogen-bond donors (Lipinski definition) is 3. The number of nitrogens with one attached hydrogen (secondary N) is 3. The summed E-state index contributed by atoms with van der Waals surface area (Å²) in [6.07, 6.45) is 0.0844. The second-order valence-electron chi connectivity index (χ2n) is 7.02. The molecule has 0 aliphatic rings. The first-order valence-corrected chi connectivity index (χ1v) is 10.3. The fraction of sp³-hybridized carbons (Fsp3) is 0.182. The molecule has 3 aromatic rings. The predicted molar refractivity (Wildman–Crippen MR) is 120 cm³/mol. The van der Waals surface area contributed by atoms with E-state index in [-0.39, 0.29) is 30.7 Å². The van der Waals surface area contributed by atoms with E-state index in [9.17, 15) is 14.4 Å². The smallest absolute Gasteiger partial charge is 0.260 e. The molecule has 0 aliphatic heterocycles. The first-order valence-electron chi connectivity index (χ1n) is 9.55. The molecule has 160 valence electrons. The van der Waals surface area contributed by atoms with Crippen LogP contribution in [0.25, 0.3) is 0 Å². The highest BCUT2D eigenvalue weighted by Gasteiger charge is 2.10. The minimum absolute atomic E-state index is 0.0206. The number of halogens is 1. The molecule has 0 radical (unpaired) electrons. The maximum atomic E-state index is 12.3. The molecular formula is C22H22BrN5O3. The van der Waals surface area contributed by atoms with E-state index in [1.54, 1.807) is 53.2 Å². The minimum Gasteiger partial charge on any atom is -0.322 e. The molecule has 0 saturated heterocycles. The zero-order chi connectivity index (χ0) is 22.4. The fourth-order valence-electron chi connectivity index (χ4n) is 2.89. The zero-order valence-electron chi connectivity index (χ0n) is 17.1. The summed E-state index contributed by atoms with van der Waals surface area (Å²) in [7, 11) is 0. The lowest BCUT2D eigenvalue weighted by molar-refractivity contribution is -0.129. The minimum atomic E-state index is -0.370. The largest absolute Gasteiger partial charge is 0.322 e. The molecule has 3 rings (SSSR count). The summed E-state index contributed by atoms with van der Waals surface area (Å²) < 4.78 is 2.47. The van der Waals surface area contributed by atoms with Gasteiger partial charge in [-0.1, -0.05) is 28.1 Å². The summed E-state index contributed by atoms with van der Waals surface area (Å²) in [5, 5.41) is 7.02. The van der Waals surface area contributed by atoms with Gasteiger partial charge in [0, 0.05) is 21.4 Å². The van der Waals surface area contributed by atoms with Crippen LogP contribution in [0, 0.1) is 13.8 Å². The molecule has 0 atom stereocenters. The van der Waals surface area contributed by atoms with Crippen LogP contribution in [0.15, 0.2) is 59.1 Å². The number of anilines is 1. The molecule has 0 unspecified atom stereocenters. The Morgan fingerprint density at radius 1 is 0.935 bits per heavy atom. The van der Waals surface area contributed by atoms with E-state index in [0.29, 0.717) is 11.3 Å². The average molecular weight is 484 g/mol. The maximum Gasteiger partial charge on any atom is 0.260 e. The molecule has 2 aromatic carbocycles. The lowest BCUT2D eigenvalue weighted by Gasteiger charge is -2.09. The normalized spacial score (nSPS) is 10.4. The van der Waals surface area contributed by atoms with Crippen molar-refractivity contribution in [1.29, 1.82) is 0 Å². The van der Waals surface area contributed by atoms with Gasteiger partial charge in [0.2, 0.25) is 5.91 Å². The molecule has 0 saturated carbocycles. The second-order valence-corrected chi connectivity index (χ2v) is 7.93. The SMILES string of the molecule is Cc1cc(C)n(CC(=O)NNC(=O)Cc2ccc(NC(=O)c3ccc(Br)cc3)cc2)n1. The zero-order valence-corrected chi connectivity index (χ0v) is 18.7. The van der Waals surface area contributed by atoms with Crippen molar-refractivity contribution >= 4 is 39.3 Å². The van der Waals surface area contributed by atoms with Crippen molar-refractivity contribution in [1.82, 2.24) is 20.6 Å². The number of carbonyl (C=O) groups is 3. The number of rotatable bonds is 6. The van der Waals surface area contributed by atoms with Crippen LogP contribution >= 0.6 is 15.9 Å². The Bertz CT molecular complexity index is 1090. The maximum absolute atomic E-state index is 12.3. The van der Waals surface area contributed by atoms with Gasteiger partial charge in [-0.05, 0) is 61.9 Å². The Morgan fingerprint density at radius 2 is 1.58 bits per heavy atom. The van der Waals surface area contributed by atoms with E-state index >= 15 is 0 Å². The van der Waals surface area contributed by atoms with E-state index in [1.165, 1.54) is 0 Å². The van der Waals surface area contributed by atoms with E-state index in [2.05, 4.69) is 37.2 Å². The van der Waals surface area contributed by atoms with Crippen molar-refractivity contribution in [3.8, 4) is 0 Å². The Morgan fingerprint density at radius 3 is 2.19 bits per heavy atom. The Balaban J connectivity index is 1.46. The van der Waals surface area contributed by atoms with E-state index in [4.69, 9.17) is 0 Å². The fourth-order valence-corrected chi connectivity index (χ4v) is 3.15. The molecule has 3 amide bonds. The first kappa shape index (κ1) is 22.2. The Labute approximate surface area is 188 Å². The van der Waals surface area contributed by atoms with Gasteiger partial charge >= 0.3 is 0 Å². The third-order valence-corrected chi connectivity index (χ3v) is 4.95. The molecule has 0 aliphatic carbocycles. The number of hydrogen-bond acceptors (Lipinski definition) is 4. The second kappa shape index (κ2) is 10.0. The molecule has 0 fully saturated rings.